The molecule has 4 aliphatic rings. The number of carbonyl (C=O) groups excluding carboxylic acids is 1. The SMILES string of the molecule is O=C(CCCBr)OC12CC3CC(CC(C3)C1)C2. The highest BCUT2D eigenvalue weighted by Crippen LogP contribution is 2.57. The van der Waals surface area contributed by atoms with Crippen LogP contribution in [0.15, 0.2) is 0 Å². The average Bonchev–Trinajstić information content (AvgIpc) is 2.23. The molecular formula is C14H21BrO2. The van der Waals surface area contributed by atoms with Crippen molar-refractivity contribution in [1.29, 1.82) is 0 Å². The van der Waals surface area contributed by atoms with Gasteiger partial charge in [0.05, 0.1) is 0 Å². The first-order valence-corrected chi connectivity index (χ1v) is 8.09. The molecule has 0 aliphatic heterocycles. The van der Waals surface area contributed by atoms with Gasteiger partial charge in [0.2, 0.25) is 0 Å². The molecular weight excluding hydrogens is 280 g/mol. The van der Waals surface area contributed by atoms with E-state index in [0.717, 1.165) is 48.8 Å². The van der Waals surface area contributed by atoms with Crippen LogP contribution < -0.4 is 0 Å². The van der Waals surface area contributed by atoms with Gasteiger partial charge in [-0.1, -0.05) is 15.9 Å². The Balaban J connectivity index is 1.64. The van der Waals surface area contributed by atoms with Crippen molar-refractivity contribution in [3.63, 3.8) is 0 Å². The zero-order valence-corrected chi connectivity index (χ0v) is 11.9. The second-order valence-corrected chi connectivity index (χ2v) is 7.16. The number of rotatable bonds is 4. The van der Waals surface area contributed by atoms with Gasteiger partial charge in [-0.25, -0.2) is 0 Å². The summed E-state index contributed by atoms with van der Waals surface area (Å²) >= 11 is 3.36. The molecule has 0 aromatic rings. The highest BCUT2D eigenvalue weighted by atomic mass is 79.9. The third kappa shape index (κ3) is 2.40. The molecule has 0 radical (unpaired) electrons. The number of hydrogen-bond donors (Lipinski definition) is 0. The van der Waals surface area contributed by atoms with Crippen LogP contribution in [0.4, 0.5) is 0 Å². The van der Waals surface area contributed by atoms with Crippen LogP contribution >= 0.6 is 15.9 Å². The summed E-state index contributed by atoms with van der Waals surface area (Å²) in [5.74, 6) is 2.59. The van der Waals surface area contributed by atoms with E-state index in [1.54, 1.807) is 0 Å². The Morgan fingerprint density at radius 2 is 1.65 bits per heavy atom. The third-order valence-electron chi connectivity index (χ3n) is 4.83. The molecule has 4 bridgehead atoms. The van der Waals surface area contributed by atoms with Crippen molar-refractivity contribution in [1.82, 2.24) is 0 Å². The predicted molar refractivity (Wildman–Crippen MR) is 70.0 cm³/mol. The molecule has 0 spiro atoms. The van der Waals surface area contributed by atoms with E-state index in [0.29, 0.717) is 6.42 Å². The molecule has 3 heteroatoms. The second kappa shape index (κ2) is 4.56. The van der Waals surface area contributed by atoms with E-state index in [9.17, 15) is 4.79 Å². The molecule has 0 aromatic carbocycles. The number of esters is 1. The standard InChI is InChI=1S/C14H21BrO2/c15-3-1-2-13(16)17-14-7-10-4-11(8-14)6-12(5-10)9-14/h10-12H,1-9H2. The summed E-state index contributed by atoms with van der Waals surface area (Å²) in [4.78, 5) is 11.8. The molecule has 0 atom stereocenters. The van der Waals surface area contributed by atoms with E-state index in [1.165, 1.54) is 19.3 Å². The maximum absolute atomic E-state index is 11.8. The molecule has 4 fully saturated rings. The minimum atomic E-state index is -0.0435. The summed E-state index contributed by atoms with van der Waals surface area (Å²) in [7, 11) is 0. The smallest absolute Gasteiger partial charge is 0.306 e. The summed E-state index contributed by atoms with van der Waals surface area (Å²) in [5.41, 5.74) is -0.0435. The van der Waals surface area contributed by atoms with Crippen LogP contribution in [0.3, 0.4) is 0 Å². The number of hydrogen-bond acceptors (Lipinski definition) is 2. The van der Waals surface area contributed by atoms with E-state index in [-0.39, 0.29) is 11.6 Å². The third-order valence-corrected chi connectivity index (χ3v) is 5.39. The Labute approximate surface area is 112 Å². The van der Waals surface area contributed by atoms with E-state index in [4.69, 9.17) is 4.74 Å². The van der Waals surface area contributed by atoms with Gasteiger partial charge in [0.25, 0.3) is 0 Å². The molecule has 0 amide bonds. The van der Waals surface area contributed by atoms with Gasteiger partial charge in [-0.3, -0.25) is 4.79 Å². The lowest BCUT2D eigenvalue weighted by molar-refractivity contribution is -0.186. The van der Waals surface area contributed by atoms with Gasteiger partial charge in [0.1, 0.15) is 5.60 Å². The maximum Gasteiger partial charge on any atom is 0.306 e. The summed E-state index contributed by atoms with van der Waals surface area (Å²) < 4.78 is 5.89. The van der Waals surface area contributed by atoms with Crippen LogP contribution in [-0.4, -0.2) is 16.9 Å². The van der Waals surface area contributed by atoms with Crippen LogP contribution in [-0.2, 0) is 9.53 Å². The van der Waals surface area contributed by atoms with Gasteiger partial charge in [-0.15, -0.1) is 0 Å². The topological polar surface area (TPSA) is 26.3 Å². The largest absolute Gasteiger partial charge is 0.459 e. The zero-order valence-electron chi connectivity index (χ0n) is 10.3. The lowest BCUT2D eigenvalue weighted by atomic mass is 9.54. The fourth-order valence-corrected chi connectivity index (χ4v) is 4.94. The first-order valence-electron chi connectivity index (χ1n) is 6.97. The van der Waals surface area contributed by atoms with Gasteiger partial charge < -0.3 is 4.74 Å². The zero-order chi connectivity index (χ0) is 11.9. The van der Waals surface area contributed by atoms with Gasteiger partial charge in [-0.2, -0.15) is 0 Å². The van der Waals surface area contributed by atoms with Crippen molar-refractivity contribution in [3.8, 4) is 0 Å². The van der Waals surface area contributed by atoms with Crippen molar-refractivity contribution in [2.45, 2.75) is 57.0 Å². The van der Waals surface area contributed by atoms with Crippen molar-refractivity contribution in [2.75, 3.05) is 5.33 Å². The van der Waals surface area contributed by atoms with Crippen molar-refractivity contribution < 1.29 is 9.53 Å². The molecule has 4 aliphatic carbocycles. The molecule has 0 N–H and O–H groups in total. The highest BCUT2D eigenvalue weighted by molar-refractivity contribution is 9.09. The Morgan fingerprint density at radius 1 is 1.12 bits per heavy atom. The predicted octanol–water partition coefficient (Wildman–Crippen LogP) is 3.67. The summed E-state index contributed by atoms with van der Waals surface area (Å²) in [6, 6.07) is 0. The Morgan fingerprint density at radius 3 is 2.12 bits per heavy atom. The Bertz CT molecular complexity index is 278. The lowest BCUT2D eigenvalue weighted by Gasteiger charge is -2.55. The molecule has 0 heterocycles. The second-order valence-electron chi connectivity index (χ2n) is 6.37. The van der Waals surface area contributed by atoms with E-state index in [1.807, 2.05) is 0 Å². The van der Waals surface area contributed by atoms with E-state index in [2.05, 4.69) is 15.9 Å². The van der Waals surface area contributed by atoms with Gasteiger partial charge >= 0.3 is 5.97 Å². The molecule has 0 unspecified atom stereocenters. The van der Waals surface area contributed by atoms with E-state index >= 15 is 0 Å². The molecule has 2 nitrogen and oxygen atoms in total. The summed E-state index contributed by atoms with van der Waals surface area (Å²) in [6.07, 6.45) is 9.13. The first-order chi connectivity index (χ1) is 8.19. The number of carbonyl (C=O) groups is 1. The number of ether oxygens (including phenoxy) is 1. The monoisotopic (exact) mass is 300 g/mol. The quantitative estimate of drug-likeness (QED) is 0.585. The van der Waals surface area contributed by atoms with Crippen LogP contribution in [0.1, 0.15) is 51.4 Å². The molecule has 17 heavy (non-hydrogen) atoms. The number of halogens is 1. The van der Waals surface area contributed by atoms with Crippen LogP contribution in [0.2, 0.25) is 0 Å². The fourth-order valence-electron chi connectivity index (χ4n) is 4.66. The van der Waals surface area contributed by atoms with Crippen LogP contribution in [0, 0.1) is 17.8 Å². The molecule has 0 saturated heterocycles. The van der Waals surface area contributed by atoms with Crippen molar-refractivity contribution in [3.05, 3.63) is 0 Å². The first kappa shape index (κ1) is 12.0. The fraction of sp³-hybridized carbons (Fsp3) is 0.929. The van der Waals surface area contributed by atoms with Gasteiger partial charge in [-0.05, 0) is 62.7 Å². The lowest BCUT2D eigenvalue weighted by Crippen LogP contribution is -2.52. The van der Waals surface area contributed by atoms with Gasteiger partial charge in [0.15, 0.2) is 0 Å². The number of alkyl halides is 1. The minimum absolute atomic E-state index is 0.0337. The summed E-state index contributed by atoms with van der Waals surface area (Å²) in [6.45, 7) is 0. The van der Waals surface area contributed by atoms with E-state index < -0.39 is 0 Å². The Hall–Kier alpha value is -0.0500. The van der Waals surface area contributed by atoms with Crippen molar-refractivity contribution in [2.24, 2.45) is 17.8 Å². The van der Waals surface area contributed by atoms with Gasteiger partial charge in [0, 0.05) is 11.8 Å². The normalized spacial score (nSPS) is 42.8. The summed E-state index contributed by atoms with van der Waals surface area (Å²) in [5, 5.41) is 0.892. The maximum atomic E-state index is 11.8. The van der Waals surface area contributed by atoms with Crippen molar-refractivity contribution >= 4 is 21.9 Å². The molecule has 0 aromatic heterocycles. The molecule has 4 rings (SSSR count). The minimum Gasteiger partial charge on any atom is -0.459 e. The van der Waals surface area contributed by atoms with Crippen LogP contribution in [0.5, 0.6) is 0 Å². The molecule has 4 saturated carbocycles. The Kier molecular flexibility index (Phi) is 3.22. The molecule has 96 valence electrons. The highest BCUT2D eigenvalue weighted by Gasteiger charge is 2.53. The average molecular weight is 301 g/mol. The van der Waals surface area contributed by atoms with Crippen LogP contribution in [0.25, 0.3) is 0 Å².